The van der Waals surface area contributed by atoms with E-state index in [1.165, 1.54) is 12.1 Å². The van der Waals surface area contributed by atoms with Crippen LogP contribution >= 0.6 is 23.1 Å². The molecule has 0 aliphatic heterocycles. The van der Waals surface area contributed by atoms with Crippen molar-refractivity contribution >= 4 is 35.0 Å². The van der Waals surface area contributed by atoms with Gasteiger partial charge in [-0.2, -0.15) is 5.10 Å². The molecule has 0 aliphatic carbocycles. The Morgan fingerprint density at radius 1 is 1.19 bits per heavy atom. The lowest BCUT2D eigenvalue weighted by molar-refractivity contribution is 0.0701. The quantitative estimate of drug-likeness (QED) is 0.653. The lowest BCUT2D eigenvalue weighted by Crippen LogP contribution is -2.28. The smallest absolute Gasteiger partial charge is 0.345 e. The highest BCUT2D eigenvalue weighted by Crippen LogP contribution is 2.26. The molecule has 26 heavy (non-hydrogen) atoms. The van der Waals surface area contributed by atoms with Crippen molar-refractivity contribution in [1.29, 1.82) is 0 Å². The molecule has 2 aromatic heterocycles. The van der Waals surface area contributed by atoms with Gasteiger partial charge in [0.1, 0.15) is 16.1 Å². The summed E-state index contributed by atoms with van der Waals surface area (Å²) in [5, 5.41) is 15.1. The molecule has 1 amide bonds. The molecule has 132 valence electrons. The van der Waals surface area contributed by atoms with Gasteiger partial charge in [-0.25, -0.2) is 14.3 Å². The van der Waals surface area contributed by atoms with Crippen LogP contribution in [0, 0.1) is 0 Å². The molecule has 0 radical (unpaired) electrons. The number of carboxylic acid groups (broad SMARTS) is 1. The van der Waals surface area contributed by atoms with Crippen molar-refractivity contribution in [2.24, 2.45) is 0 Å². The van der Waals surface area contributed by atoms with E-state index in [1.807, 2.05) is 30.3 Å². The van der Waals surface area contributed by atoms with Crippen molar-refractivity contribution in [1.82, 2.24) is 14.6 Å². The number of H-pyrrole nitrogens is 1. The van der Waals surface area contributed by atoms with Gasteiger partial charge in [0.25, 0.3) is 11.5 Å². The first kappa shape index (κ1) is 17.8. The molecule has 0 bridgehead atoms. The molecule has 0 fully saturated rings. The van der Waals surface area contributed by atoms with E-state index in [0.29, 0.717) is 4.88 Å². The number of halogens is 1. The van der Waals surface area contributed by atoms with E-state index in [-0.39, 0.29) is 22.7 Å². The lowest BCUT2D eigenvalue weighted by atomic mass is 10.2. The molecule has 0 spiro atoms. The monoisotopic (exact) mass is 389 g/mol. The zero-order chi connectivity index (χ0) is 18.7. The molecule has 3 rings (SSSR count). The number of carbonyl (C=O) groups is 2. The Balaban J connectivity index is 1.88. The maximum Gasteiger partial charge on any atom is 0.345 e. The van der Waals surface area contributed by atoms with Gasteiger partial charge in [-0.05, 0) is 23.8 Å². The number of carbonyl (C=O) groups excluding carboxylic acids is 1. The Hall–Kier alpha value is -2.97. The summed E-state index contributed by atoms with van der Waals surface area (Å²) in [6, 6.07) is 13.4. The summed E-state index contributed by atoms with van der Waals surface area (Å²) in [6.45, 7) is 0.125. The standard InChI is InChI=1S/C17H12ClN3O4S/c18-21(9-10-4-2-1-3-5-10)16(23)11-8-12(19-20-15(11)22)13-6-7-14(26-13)17(24)25/h1-8H,9H2,(H,20,22)(H,24,25). The van der Waals surface area contributed by atoms with E-state index in [2.05, 4.69) is 10.2 Å². The van der Waals surface area contributed by atoms with Crippen LogP contribution in [0.25, 0.3) is 10.6 Å². The van der Waals surface area contributed by atoms with Gasteiger partial charge < -0.3 is 5.11 Å². The maximum atomic E-state index is 12.5. The number of hydrogen-bond donors (Lipinski definition) is 2. The third-order valence-electron chi connectivity index (χ3n) is 3.49. The average Bonchev–Trinajstić information content (AvgIpc) is 3.13. The van der Waals surface area contributed by atoms with Crippen molar-refractivity contribution in [3.8, 4) is 10.6 Å². The molecule has 3 aromatic rings. The van der Waals surface area contributed by atoms with Gasteiger partial charge in [-0.3, -0.25) is 9.59 Å². The van der Waals surface area contributed by atoms with Crippen molar-refractivity contribution < 1.29 is 14.7 Å². The van der Waals surface area contributed by atoms with Crippen LogP contribution in [0.4, 0.5) is 0 Å². The van der Waals surface area contributed by atoms with E-state index >= 15 is 0 Å². The molecule has 2 N–H and O–H groups in total. The fourth-order valence-corrected chi connectivity index (χ4v) is 3.26. The van der Waals surface area contributed by atoms with Crippen LogP contribution in [0.2, 0.25) is 0 Å². The van der Waals surface area contributed by atoms with Gasteiger partial charge in [0.05, 0.1) is 11.4 Å². The molecule has 7 nitrogen and oxygen atoms in total. The molecular formula is C17H12ClN3O4S. The molecule has 0 aliphatic rings. The van der Waals surface area contributed by atoms with Crippen LogP contribution in [0.3, 0.4) is 0 Å². The summed E-state index contributed by atoms with van der Waals surface area (Å²) in [6.07, 6.45) is 0. The average molecular weight is 390 g/mol. The summed E-state index contributed by atoms with van der Waals surface area (Å²) in [7, 11) is 0. The van der Waals surface area contributed by atoms with Crippen molar-refractivity contribution in [3.05, 3.63) is 74.9 Å². The first-order valence-electron chi connectivity index (χ1n) is 7.40. The molecule has 9 heteroatoms. The number of aromatic amines is 1. The largest absolute Gasteiger partial charge is 0.477 e. The van der Waals surface area contributed by atoms with Crippen molar-refractivity contribution in [2.75, 3.05) is 0 Å². The minimum absolute atomic E-state index is 0.125. The van der Waals surface area contributed by atoms with Gasteiger partial charge in [-0.15, -0.1) is 11.3 Å². The van der Waals surface area contributed by atoms with Crippen LogP contribution < -0.4 is 5.56 Å². The van der Waals surface area contributed by atoms with Crippen molar-refractivity contribution in [3.63, 3.8) is 0 Å². The fourth-order valence-electron chi connectivity index (χ4n) is 2.23. The third kappa shape index (κ3) is 3.81. The Morgan fingerprint density at radius 3 is 2.58 bits per heavy atom. The van der Waals surface area contributed by atoms with E-state index in [9.17, 15) is 14.4 Å². The number of hydrogen-bond acceptors (Lipinski definition) is 5. The number of nitrogens with one attached hydrogen (secondary N) is 1. The normalized spacial score (nSPS) is 10.5. The Kier molecular flexibility index (Phi) is 5.15. The number of carboxylic acids is 1. The molecule has 1 aromatic carbocycles. The van der Waals surface area contributed by atoms with Crippen LogP contribution in [0.15, 0.2) is 53.3 Å². The molecule has 0 saturated heterocycles. The van der Waals surface area contributed by atoms with Crippen LogP contribution in [0.5, 0.6) is 0 Å². The highest BCUT2D eigenvalue weighted by Gasteiger charge is 2.20. The zero-order valence-corrected chi connectivity index (χ0v) is 14.8. The molecule has 0 unspecified atom stereocenters. The van der Waals surface area contributed by atoms with Crippen LogP contribution in [-0.2, 0) is 6.54 Å². The highest BCUT2D eigenvalue weighted by atomic mass is 35.5. The number of aromatic nitrogens is 2. The first-order valence-corrected chi connectivity index (χ1v) is 8.56. The number of nitrogens with zero attached hydrogens (tertiary/aromatic N) is 2. The van der Waals surface area contributed by atoms with Gasteiger partial charge in [0, 0.05) is 11.8 Å². The van der Waals surface area contributed by atoms with Crippen LogP contribution in [0.1, 0.15) is 25.6 Å². The topological polar surface area (TPSA) is 103 Å². The van der Waals surface area contributed by atoms with Gasteiger partial charge in [-0.1, -0.05) is 30.3 Å². The minimum atomic E-state index is -1.06. The minimum Gasteiger partial charge on any atom is -0.477 e. The second-order valence-electron chi connectivity index (χ2n) is 5.28. The lowest BCUT2D eigenvalue weighted by Gasteiger charge is -2.13. The zero-order valence-electron chi connectivity index (χ0n) is 13.2. The van der Waals surface area contributed by atoms with E-state index in [1.54, 1.807) is 6.07 Å². The number of rotatable bonds is 5. The summed E-state index contributed by atoms with van der Waals surface area (Å²) in [4.78, 5) is 36.2. The second-order valence-corrected chi connectivity index (χ2v) is 6.77. The predicted molar refractivity (Wildman–Crippen MR) is 97.3 cm³/mol. The SMILES string of the molecule is O=C(O)c1ccc(-c2cc(C(=O)N(Cl)Cc3ccccc3)c(=O)[nH]n2)s1. The van der Waals surface area contributed by atoms with Gasteiger partial charge >= 0.3 is 5.97 Å². The highest BCUT2D eigenvalue weighted by molar-refractivity contribution is 7.17. The number of benzene rings is 1. The Labute approximate surface area is 156 Å². The third-order valence-corrected chi connectivity index (χ3v) is 4.86. The van der Waals surface area contributed by atoms with E-state index < -0.39 is 17.4 Å². The summed E-state index contributed by atoms with van der Waals surface area (Å²) >= 11 is 7.04. The van der Waals surface area contributed by atoms with Crippen molar-refractivity contribution in [2.45, 2.75) is 6.54 Å². The molecule has 0 saturated carbocycles. The Morgan fingerprint density at radius 2 is 1.92 bits per heavy atom. The fraction of sp³-hybridized carbons (Fsp3) is 0.0588. The van der Waals surface area contributed by atoms with E-state index in [0.717, 1.165) is 21.3 Å². The molecule has 2 heterocycles. The van der Waals surface area contributed by atoms with Gasteiger partial charge in [0.2, 0.25) is 0 Å². The number of thiophene rings is 1. The predicted octanol–water partition coefficient (Wildman–Crippen LogP) is 2.99. The van der Waals surface area contributed by atoms with Crippen LogP contribution in [-0.4, -0.2) is 31.6 Å². The second kappa shape index (κ2) is 7.51. The van der Waals surface area contributed by atoms with Gasteiger partial charge in [0.15, 0.2) is 0 Å². The summed E-state index contributed by atoms with van der Waals surface area (Å²) in [5.74, 6) is -1.73. The number of aromatic carboxylic acids is 1. The number of amides is 1. The maximum absolute atomic E-state index is 12.5. The van der Waals surface area contributed by atoms with E-state index in [4.69, 9.17) is 16.9 Å². The Bertz CT molecular complexity index is 1020. The molecule has 0 atom stereocenters. The molecular weight excluding hydrogens is 378 g/mol. The summed E-state index contributed by atoms with van der Waals surface area (Å²) < 4.78 is 0.917. The summed E-state index contributed by atoms with van der Waals surface area (Å²) in [5.41, 5.74) is 0.250. The first-order chi connectivity index (χ1) is 12.5.